The lowest BCUT2D eigenvalue weighted by Crippen LogP contribution is -2.51. The first-order valence-electron chi connectivity index (χ1n) is 10.2. The van der Waals surface area contributed by atoms with Gasteiger partial charge in [-0.1, -0.05) is 12.1 Å². The van der Waals surface area contributed by atoms with Crippen molar-refractivity contribution in [3.63, 3.8) is 0 Å². The Kier molecular flexibility index (Phi) is 10.3. The SMILES string of the molecule is CCNC(=NCCNS(=O)(=O)c1cccnc1)N1CC(C)OC(c2ccc(F)cc2)C1.I. The van der Waals surface area contributed by atoms with Crippen molar-refractivity contribution in [3.8, 4) is 0 Å². The predicted octanol–water partition coefficient (Wildman–Crippen LogP) is 2.54. The van der Waals surface area contributed by atoms with Crippen LogP contribution >= 0.6 is 24.0 Å². The van der Waals surface area contributed by atoms with E-state index in [0.29, 0.717) is 25.6 Å². The minimum absolute atomic E-state index is 0. The third-order valence-electron chi connectivity index (χ3n) is 4.75. The van der Waals surface area contributed by atoms with Crippen LogP contribution in [0.25, 0.3) is 0 Å². The Morgan fingerprint density at radius 2 is 2.03 bits per heavy atom. The van der Waals surface area contributed by atoms with Gasteiger partial charge in [-0.25, -0.2) is 17.5 Å². The van der Waals surface area contributed by atoms with Crippen LogP contribution in [0.15, 0.2) is 58.7 Å². The maximum absolute atomic E-state index is 13.3. The number of nitrogens with one attached hydrogen (secondary N) is 2. The third kappa shape index (κ3) is 7.36. The number of rotatable bonds is 7. The van der Waals surface area contributed by atoms with Crippen LogP contribution in [0.1, 0.15) is 25.5 Å². The first-order chi connectivity index (χ1) is 14.9. The molecule has 0 spiro atoms. The molecular formula is C21H29FIN5O3S. The van der Waals surface area contributed by atoms with E-state index in [1.807, 2.05) is 13.8 Å². The Bertz CT molecular complexity index is 977. The molecule has 32 heavy (non-hydrogen) atoms. The summed E-state index contributed by atoms with van der Waals surface area (Å²) in [6.45, 7) is 6.26. The lowest BCUT2D eigenvalue weighted by atomic mass is 10.1. The molecule has 2 aromatic rings. The lowest BCUT2D eigenvalue weighted by Gasteiger charge is -2.38. The number of benzene rings is 1. The van der Waals surface area contributed by atoms with Crippen LogP contribution in [0.3, 0.4) is 0 Å². The molecule has 8 nitrogen and oxygen atoms in total. The molecule has 1 aliphatic heterocycles. The molecule has 0 saturated carbocycles. The monoisotopic (exact) mass is 577 g/mol. The summed E-state index contributed by atoms with van der Waals surface area (Å²) in [5.41, 5.74) is 0.901. The van der Waals surface area contributed by atoms with E-state index < -0.39 is 10.0 Å². The molecule has 1 aliphatic rings. The molecule has 0 amide bonds. The Balaban J connectivity index is 0.00000363. The molecule has 1 aromatic heterocycles. The predicted molar refractivity (Wildman–Crippen MR) is 132 cm³/mol. The van der Waals surface area contributed by atoms with Crippen LogP contribution in [0, 0.1) is 5.82 Å². The second-order valence-electron chi connectivity index (χ2n) is 7.21. The molecular weight excluding hydrogens is 548 g/mol. The first kappa shape index (κ1) is 26.4. The number of pyridine rings is 1. The van der Waals surface area contributed by atoms with E-state index in [2.05, 4.69) is 24.9 Å². The summed E-state index contributed by atoms with van der Waals surface area (Å²) in [5.74, 6) is 0.401. The van der Waals surface area contributed by atoms with Gasteiger partial charge in [-0.15, -0.1) is 24.0 Å². The van der Waals surface area contributed by atoms with Gasteiger partial charge in [0.05, 0.1) is 19.2 Å². The second kappa shape index (κ2) is 12.4. The summed E-state index contributed by atoms with van der Waals surface area (Å²) >= 11 is 0. The number of aromatic nitrogens is 1. The highest BCUT2D eigenvalue weighted by atomic mass is 127. The van der Waals surface area contributed by atoms with Crippen LogP contribution in [0.2, 0.25) is 0 Å². The highest BCUT2D eigenvalue weighted by molar-refractivity contribution is 14.0. The zero-order valence-electron chi connectivity index (χ0n) is 18.1. The van der Waals surface area contributed by atoms with Gasteiger partial charge < -0.3 is 15.0 Å². The van der Waals surface area contributed by atoms with Crippen LogP contribution < -0.4 is 10.0 Å². The van der Waals surface area contributed by atoms with Crippen molar-refractivity contribution in [1.82, 2.24) is 19.9 Å². The van der Waals surface area contributed by atoms with Crippen molar-refractivity contribution >= 4 is 40.0 Å². The maximum atomic E-state index is 13.3. The van der Waals surface area contributed by atoms with Crippen molar-refractivity contribution < 1.29 is 17.5 Å². The number of guanidine groups is 1. The molecule has 11 heteroatoms. The van der Waals surface area contributed by atoms with Gasteiger partial charge in [-0.2, -0.15) is 0 Å². The van der Waals surface area contributed by atoms with Gasteiger partial charge in [0.25, 0.3) is 0 Å². The van der Waals surface area contributed by atoms with E-state index in [1.165, 1.54) is 30.6 Å². The molecule has 2 N–H and O–H groups in total. The quantitative estimate of drug-likeness (QED) is 0.228. The molecule has 3 rings (SSSR count). The van der Waals surface area contributed by atoms with Crippen molar-refractivity contribution in [2.45, 2.75) is 31.0 Å². The zero-order chi connectivity index (χ0) is 22.3. The highest BCUT2D eigenvalue weighted by Gasteiger charge is 2.28. The number of hydrogen-bond donors (Lipinski definition) is 2. The fourth-order valence-corrected chi connectivity index (χ4v) is 4.33. The smallest absolute Gasteiger partial charge is 0.242 e. The van der Waals surface area contributed by atoms with Crippen LogP contribution in [-0.2, 0) is 14.8 Å². The minimum Gasteiger partial charge on any atom is -0.367 e. The van der Waals surface area contributed by atoms with E-state index in [1.54, 1.807) is 18.2 Å². The Morgan fingerprint density at radius 1 is 1.28 bits per heavy atom. The Hall–Kier alpha value is -1.83. The fourth-order valence-electron chi connectivity index (χ4n) is 3.34. The van der Waals surface area contributed by atoms with Crippen LogP contribution in [-0.4, -0.2) is 63.1 Å². The summed E-state index contributed by atoms with van der Waals surface area (Å²) in [5, 5.41) is 3.26. The van der Waals surface area contributed by atoms with Gasteiger partial charge in [0.1, 0.15) is 16.8 Å². The summed E-state index contributed by atoms with van der Waals surface area (Å²) in [4.78, 5) is 10.6. The summed E-state index contributed by atoms with van der Waals surface area (Å²) in [6.07, 6.45) is 2.57. The van der Waals surface area contributed by atoms with Crippen LogP contribution in [0.5, 0.6) is 0 Å². The highest BCUT2D eigenvalue weighted by Crippen LogP contribution is 2.25. The fraction of sp³-hybridized carbons (Fsp3) is 0.429. The molecule has 1 fully saturated rings. The molecule has 2 unspecified atom stereocenters. The number of morpholine rings is 1. The van der Waals surface area contributed by atoms with Gasteiger partial charge in [0, 0.05) is 32.0 Å². The zero-order valence-corrected chi connectivity index (χ0v) is 21.2. The maximum Gasteiger partial charge on any atom is 0.242 e. The molecule has 0 radical (unpaired) electrons. The number of hydrogen-bond acceptors (Lipinski definition) is 5. The summed E-state index contributed by atoms with van der Waals surface area (Å²) in [7, 11) is -3.62. The van der Waals surface area contributed by atoms with Gasteiger partial charge in [0.15, 0.2) is 5.96 Å². The molecule has 2 heterocycles. The molecule has 176 valence electrons. The topological polar surface area (TPSA) is 95.9 Å². The molecule has 1 saturated heterocycles. The first-order valence-corrected chi connectivity index (χ1v) is 11.7. The van der Waals surface area contributed by atoms with E-state index in [-0.39, 0.29) is 60.0 Å². The number of nitrogens with zero attached hydrogens (tertiary/aromatic N) is 3. The van der Waals surface area contributed by atoms with Gasteiger partial charge in [-0.3, -0.25) is 9.98 Å². The Labute approximate surface area is 205 Å². The second-order valence-corrected chi connectivity index (χ2v) is 8.98. The normalized spacial score (nSPS) is 19.3. The van der Waals surface area contributed by atoms with Gasteiger partial charge in [0.2, 0.25) is 10.0 Å². The Morgan fingerprint density at radius 3 is 2.69 bits per heavy atom. The summed E-state index contributed by atoms with van der Waals surface area (Å²) in [6, 6.07) is 9.38. The molecule has 0 aliphatic carbocycles. The number of aliphatic imine (C=N–C) groups is 1. The molecule has 2 atom stereocenters. The number of halogens is 2. The van der Waals surface area contributed by atoms with Crippen molar-refractivity contribution in [1.29, 1.82) is 0 Å². The van der Waals surface area contributed by atoms with Gasteiger partial charge >= 0.3 is 0 Å². The van der Waals surface area contributed by atoms with Crippen molar-refractivity contribution in [2.24, 2.45) is 4.99 Å². The average Bonchev–Trinajstić information content (AvgIpc) is 2.76. The van der Waals surface area contributed by atoms with Crippen LogP contribution in [0.4, 0.5) is 4.39 Å². The van der Waals surface area contributed by atoms with Crippen molar-refractivity contribution in [2.75, 3.05) is 32.7 Å². The average molecular weight is 577 g/mol. The summed E-state index contributed by atoms with van der Waals surface area (Å²) < 4.78 is 46.5. The van der Waals surface area contributed by atoms with Gasteiger partial charge in [-0.05, 0) is 43.7 Å². The standard InChI is InChI=1S/C21H28FN5O3S.HI/c1-3-24-21(25-11-12-26-31(28,29)19-5-4-10-23-13-19)27-14-16(2)30-20(15-27)17-6-8-18(22)9-7-17;/h4-10,13,16,20,26H,3,11-12,14-15H2,1-2H3,(H,24,25);1H. The van der Waals surface area contributed by atoms with E-state index in [4.69, 9.17) is 4.74 Å². The van der Waals surface area contributed by atoms with E-state index in [9.17, 15) is 12.8 Å². The largest absolute Gasteiger partial charge is 0.367 e. The van der Waals surface area contributed by atoms with E-state index in [0.717, 1.165) is 5.56 Å². The number of sulfonamides is 1. The lowest BCUT2D eigenvalue weighted by molar-refractivity contribution is -0.0605. The van der Waals surface area contributed by atoms with E-state index >= 15 is 0 Å². The third-order valence-corrected chi connectivity index (χ3v) is 6.19. The molecule has 1 aromatic carbocycles. The van der Waals surface area contributed by atoms with Crippen molar-refractivity contribution in [3.05, 3.63) is 60.2 Å². The molecule has 0 bridgehead atoms. The minimum atomic E-state index is -3.62. The number of ether oxygens (including phenoxy) is 1.